The quantitative estimate of drug-likeness (QED) is 0.276. The minimum atomic E-state index is -3.94. The summed E-state index contributed by atoms with van der Waals surface area (Å²) in [5.41, 5.74) is 1.18. The van der Waals surface area contributed by atoms with Gasteiger partial charge in [-0.15, -0.1) is 0 Å². The van der Waals surface area contributed by atoms with Crippen LogP contribution >= 0.6 is 11.3 Å². The van der Waals surface area contributed by atoms with Crippen LogP contribution in [0.15, 0.2) is 54.6 Å². The number of nitrogens with zero attached hydrogens (tertiary/aromatic N) is 2. The average Bonchev–Trinajstić information content (AvgIpc) is 3.91. The van der Waals surface area contributed by atoms with Gasteiger partial charge >= 0.3 is 0 Å². The highest BCUT2D eigenvalue weighted by Gasteiger charge is 2.63. The molecule has 2 aliphatic heterocycles. The summed E-state index contributed by atoms with van der Waals surface area (Å²) < 4.78 is 40.3. The van der Waals surface area contributed by atoms with Crippen LogP contribution in [-0.2, 0) is 24.4 Å². The molecule has 1 aromatic heterocycles. The summed E-state index contributed by atoms with van der Waals surface area (Å²) in [6.07, 6.45) is 8.60. The molecule has 3 heterocycles. The van der Waals surface area contributed by atoms with E-state index in [4.69, 9.17) is 9.47 Å². The van der Waals surface area contributed by atoms with Crippen molar-refractivity contribution < 1.29 is 32.3 Å². The number of rotatable bonds is 8. The molecule has 272 valence electrons. The number of benzene rings is 2. The van der Waals surface area contributed by atoms with E-state index < -0.39 is 50.3 Å². The molecule has 7 rings (SSSR count). The third kappa shape index (κ3) is 7.30. The van der Waals surface area contributed by atoms with E-state index in [-0.39, 0.29) is 31.2 Å². The molecule has 0 spiro atoms. The van der Waals surface area contributed by atoms with Gasteiger partial charge in [0.25, 0.3) is 11.1 Å². The van der Waals surface area contributed by atoms with Gasteiger partial charge in [-0.3, -0.25) is 19.1 Å². The van der Waals surface area contributed by atoms with Crippen molar-refractivity contribution in [2.24, 2.45) is 5.92 Å². The SMILES string of the molecule is COc1cccc(N[C@H]2CCCCC/C=C\[C@H]3C[C@@]3(C(=O)NS(=O)(=O)C3(C)CC3)NC(=O)[C@@H]3C[C@@H](Oc4nc5ccc(C)cc5s4)CN3C2=O)c1. The molecule has 2 aliphatic carbocycles. The summed E-state index contributed by atoms with van der Waals surface area (Å²) in [6, 6.07) is 11.7. The molecule has 0 unspecified atom stereocenters. The summed E-state index contributed by atoms with van der Waals surface area (Å²) in [5, 5.41) is 6.80. The molecule has 12 nitrogen and oxygen atoms in total. The molecular weight excluding hydrogens is 691 g/mol. The van der Waals surface area contributed by atoms with Crippen molar-refractivity contribution >= 4 is 55.0 Å². The van der Waals surface area contributed by atoms with Crippen molar-refractivity contribution in [3.8, 4) is 10.9 Å². The summed E-state index contributed by atoms with van der Waals surface area (Å²) in [4.78, 5) is 48.9. The zero-order valence-corrected chi connectivity index (χ0v) is 30.8. The maximum atomic E-state index is 14.6. The molecule has 0 radical (unpaired) electrons. The molecule has 2 saturated carbocycles. The lowest BCUT2D eigenvalue weighted by Gasteiger charge is -2.30. The lowest BCUT2D eigenvalue weighted by atomic mass is 10.0. The van der Waals surface area contributed by atoms with Crippen LogP contribution in [0.1, 0.15) is 70.3 Å². The summed E-state index contributed by atoms with van der Waals surface area (Å²) in [7, 11) is -2.35. The number of carbonyl (C=O) groups is 3. The van der Waals surface area contributed by atoms with E-state index in [1.54, 1.807) is 18.9 Å². The molecule has 4 aliphatic rings. The van der Waals surface area contributed by atoms with E-state index >= 15 is 0 Å². The Labute approximate surface area is 302 Å². The number of amides is 3. The Bertz CT molecular complexity index is 1980. The summed E-state index contributed by atoms with van der Waals surface area (Å²) in [6.45, 7) is 3.76. The van der Waals surface area contributed by atoms with Crippen LogP contribution < -0.4 is 24.8 Å². The van der Waals surface area contributed by atoms with Gasteiger partial charge in [0, 0.05) is 24.1 Å². The molecule has 3 N–H and O–H groups in total. The average molecular weight is 736 g/mol. The Balaban J connectivity index is 1.19. The van der Waals surface area contributed by atoms with Crippen molar-refractivity contribution in [1.82, 2.24) is 19.9 Å². The third-order valence-electron chi connectivity index (χ3n) is 10.7. The molecule has 1 saturated heterocycles. The number of hydrogen-bond acceptors (Lipinski definition) is 10. The number of nitrogens with one attached hydrogen (secondary N) is 3. The Morgan fingerprint density at radius 3 is 2.73 bits per heavy atom. The van der Waals surface area contributed by atoms with Crippen molar-refractivity contribution in [2.75, 3.05) is 19.0 Å². The van der Waals surface area contributed by atoms with Gasteiger partial charge in [-0.25, -0.2) is 13.4 Å². The van der Waals surface area contributed by atoms with Crippen LogP contribution in [0, 0.1) is 12.8 Å². The first-order chi connectivity index (χ1) is 24.4. The van der Waals surface area contributed by atoms with Gasteiger partial charge in [0.2, 0.25) is 21.8 Å². The largest absolute Gasteiger partial charge is 0.497 e. The first kappa shape index (κ1) is 35.2. The fraction of sp³-hybridized carbons (Fsp3) is 0.514. The molecular formula is C37H45N5O7S2. The molecule has 0 bridgehead atoms. The molecule has 14 heteroatoms. The second kappa shape index (κ2) is 13.8. The monoisotopic (exact) mass is 735 g/mol. The number of aromatic nitrogens is 1. The van der Waals surface area contributed by atoms with Crippen LogP contribution in [0.25, 0.3) is 10.2 Å². The number of thiazole rings is 1. The normalized spacial score (nSPS) is 28.3. The van der Waals surface area contributed by atoms with Crippen LogP contribution in [0.5, 0.6) is 10.9 Å². The highest BCUT2D eigenvalue weighted by Crippen LogP contribution is 2.47. The van der Waals surface area contributed by atoms with E-state index in [0.717, 1.165) is 41.5 Å². The standard InChI is InChI=1S/C37H45N5O7S2/c1-23-14-15-28-31(18-23)50-35(39-28)49-27-20-30-32(43)40-37(34(45)41-51(46,47)36(2)16-17-36)21-24(37)10-7-5-4-6-8-13-29(33(44)42(30)22-27)38-25-11-9-12-26(19-25)48-3/h7,9-12,14-15,18-19,24,27,29-30,38H,4-6,8,13,16-17,20-22H2,1-3H3,(H,40,43)(H,41,45)/b10-7-/t24-,27+,29-,30-,37+/m0/s1. The summed E-state index contributed by atoms with van der Waals surface area (Å²) >= 11 is 1.41. The van der Waals surface area contributed by atoms with Crippen molar-refractivity contribution in [2.45, 2.75) is 100 Å². The number of ether oxygens (including phenoxy) is 2. The van der Waals surface area contributed by atoms with Crippen LogP contribution in [-0.4, -0.2) is 78.2 Å². The second-order valence-corrected chi connectivity index (χ2v) is 17.8. The Morgan fingerprint density at radius 1 is 1.12 bits per heavy atom. The molecule has 51 heavy (non-hydrogen) atoms. The van der Waals surface area contributed by atoms with Gasteiger partial charge in [0.1, 0.15) is 29.5 Å². The van der Waals surface area contributed by atoms with Gasteiger partial charge in [-0.1, -0.05) is 48.5 Å². The number of hydrogen-bond donors (Lipinski definition) is 3. The maximum Gasteiger partial charge on any atom is 0.274 e. The predicted octanol–water partition coefficient (Wildman–Crippen LogP) is 4.84. The highest BCUT2D eigenvalue weighted by atomic mass is 32.2. The second-order valence-electron chi connectivity index (χ2n) is 14.6. The lowest BCUT2D eigenvalue weighted by Crippen LogP contribution is -2.58. The highest BCUT2D eigenvalue weighted by molar-refractivity contribution is 7.91. The molecule has 3 aromatic rings. The minimum absolute atomic E-state index is 0.136. The first-order valence-electron chi connectivity index (χ1n) is 17.7. The smallest absolute Gasteiger partial charge is 0.274 e. The van der Waals surface area contributed by atoms with Gasteiger partial charge < -0.3 is 25.0 Å². The Hall–Kier alpha value is -4.17. The summed E-state index contributed by atoms with van der Waals surface area (Å²) in [5.74, 6) is -1.25. The van der Waals surface area contributed by atoms with E-state index in [1.807, 2.05) is 61.5 Å². The van der Waals surface area contributed by atoms with Crippen LogP contribution in [0.3, 0.4) is 0 Å². The van der Waals surface area contributed by atoms with Crippen LogP contribution in [0.4, 0.5) is 5.69 Å². The van der Waals surface area contributed by atoms with Crippen molar-refractivity contribution in [3.05, 3.63) is 60.2 Å². The Morgan fingerprint density at radius 2 is 1.94 bits per heavy atom. The van der Waals surface area contributed by atoms with E-state index in [2.05, 4.69) is 20.3 Å². The minimum Gasteiger partial charge on any atom is -0.497 e. The zero-order chi connectivity index (χ0) is 36.0. The van der Waals surface area contributed by atoms with Gasteiger partial charge in [0.05, 0.1) is 28.6 Å². The van der Waals surface area contributed by atoms with E-state index in [9.17, 15) is 22.8 Å². The maximum absolute atomic E-state index is 14.6. The van der Waals surface area contributed by atoms with Crippen molar-refractivity contribution in [1.29, 1.82) is 0 Å². The van der Waals surface area contributed by atoms with Gasteiger partial charge in [0.15, 0.2) is 0 Å². The number of carbonyl (C=O) groups excluding carboxylic acids is 3. The van der Waals surface area contributed by atoms with E-state index in [1.165, 1.54) is 11.3 Å². The van der Waals surface area contributed by atoms with Crippen LogP contribution in [0.2, 0.25) is 0 Å². The number of fused-ring (bicyclic) bond motifs is 3. The molecule has 5 atom stereocenters. The number of methoxy groups -OCH3 is 1. The fourth-order valence-electron chi connectivity index (χ4n) is 7.06. The number of aryl methyl sites for hydroxylation is 1. The number of sulfonamides is 1. The predicted molar refractivity (Wildman–Crippen MR) is 195 cm³/mol. The topological polar surface area (TPSA) is 156 Å². The fourth-order valence-corrected chi connectivity index (χ4v) is 9.36. The van der Waals surface area contributed by atoms with E-state index in [0.29, 0.717) is 35.9 Å². The number of allylic oxidation sites excluding steroid dienone is 1. The molecule has 3 fully saturated rings. The first-order valence-corrected chi connectivity index (χ1v) is 20.0. The number of anilines is 1. The third-order valence-corrected chi connectivity index (χ3v) is 13.7. The zero-order valence-electron chi connectivity index (χ0n) is 29.1. The van der Waals surface area contributed by atoms with Crippen molar-refractivity contribution in [3.63, 3.8) is 0 Å². The molecule has 2 aromatic carbocycles. The Kier molecular flexibility index (Phi) is 9.51. The van der Waals surface area contributed by atoms with Gasteiger partial charge in [-0.2, -0.15) is 0 Å². The van der Waals surface area contributed by atoms with Gasteiger partial charge in [-0.05, 0) is 82.2 Å². The lowest BCUT2D eigenvalue weighted by molar-refractivity contribution is -0.140. The molecule has 3 amide bonds.